The molecule has 68 valence electrons. The van der Waals surface area contributed by atoms with Crippen molar-refractivity contribution in [1.82, 2.24) is 0 Å². The molecule has 0 unspecified atom stereocenters. The van der Waals surface area contributed by atoms with Crippen LogP contribution in [0.1, 0.15) is 25.3 Å². The second-order valence-electron chi connectivity index (χ2n) is 2.67. The van der Waals surface area contributed by atoms with Gasteiger partial charge in [0.1, 0.15) is 0 Å². The van der Waals surface area contributed by atoms with E-state index in [4.69, 9.17) is 4.74 Å². The molecule has 3 heteroatoms. The summed E-state index contributed by atoms with van der Waals surface area (Å²) < 4.78 is 6.64. The predicted molar refractivity (Wildman–Crippen MR) is 56.6 cm³/mol. The van der Waals surface area contributed by atoms with E-state index in [1.54, 1.807) is 11.3 Å². The maximum Gasteiger partial charge on any atom is 0.0725 e. The van der Waals surface area contributed by atoms with Gasteiger partial charge >= 0.3 is 0 Å². The molecule has 1 aromatic heterocycles. The number of hydrogen-bond acceptors (Lipinski definition) is 2. The zero-order chi connectivity index (χ0) is 8.81. The van der Waals surface area contributed by atoms with Crippen LogP contribution in [0.4, 0.5) is 0 Å². The lowest BCUT2D eigenvalue weighted by atomic mass is 10.3. The lowest BCUT2D eigenvalue weighted by Crippen LogP contribution is -1.93. The molecule has 0 saturated carbocycles. The SMILES string of the molecule is CCCCOCc1csc(Br)c1. The maximum atomic E-state index is 5.46. The molecule has 0 N–H and O–H groups in total. The highest BCUT2D eigenvalue weighted by Crippen LogP contribution is 2.21. The molecular weight excluding hydrogens is 236 g/mol. The van der Waals surface area contributed by atoms with Crippen molar-refractivity contribution in [3.05, 3.63) is 20.8 Å². The highest BCUT2D eigenvalue weighted by atomic mass is 79.9. The van der Waals surface area contributed by atoms with Gasteiger partial charge in [-0.2, -0.15) is 0 Å². The highest BCUT2D eigenvalue weighted by Gasteiger charge is 1.96. The Balaban J connectivity index is 2.15. The van der Waals surface area contributed by atoms with E-state index in [0.717, 1.165) is 19.6 Å². The molecule has 0 aliphatic heterocycles. The van der Waals surface area contributed by atoms with Crippen molar-refractivity contribution in [2.24, 2.45) is 0 Å². The third-order valence-corrected chi connectivity index (χ3v) is 3.09. The molecular formula is C9H13BrOS. The van der Waals surface area contributed by atoms with Crippen molar-refractivity contribution in [2.45, 2.75) is 26.4 Å². The minimum absolute atomic E-state index is 0.752. The zero-order valence-corrected chi connectivity index (χ0v) is 9.58. The van der Waals surface area contributed by atoms with E-state index >= 15 is 0 Å². The van der Waals surface area contributed by atoms with Gasteiger partial charge in [-0.15, -0.1) is 11.3 Å². The Morgan fingerprint density at radius 1 is 1.58 bits per heavy atom. The summed E-state index contributed by atoms with van der Waals surface area (Å²) in [7, 11) is 0. The number of ether oxygens (including phenoxy) is 1. The quantitative estimate of drug-likeness (QED) is 0.720. The lowest BCUT2D eigenvalue weighted by Gasteiger charge is -1.99. The van der Waals surface area contributed by atoms with Gasteiger partial charge in [-0.3, -0.25) is 0 Å². The average Bonchev–Trinajstić information content (AvgIpc) is 2.45. The van der Waals surface area contributed by atoms with E-state index in [1.807, 2.05) is 0 Å². The van der Waals surface area contributed by atoms with Crippen molar-refractivity contribution in [1.29, 1.82) is 0 Å². The van der Waals surface area contributed by atoms with Crippen LogP contribution in [0, 0.1) is 0 Å². The Morgan fingerprint density at radius 2 is 2.42 bits per heavy atom. The van der Waals surface area contributed by atoms with Crippen LogP contribution < -0.4 is 0 Å². The van der Waals surface area contributed by atoms with Gasteiger partial charge in [0.15, 0.2) is 0 Å². The molecule has 0 saturated heterocycles. The van der Waals surface area contributed by atoms with Crippen molar-refractivity contribution in [2.75, 3.05) is 6.61 Å². The van der Waals surface area contributed by atoms with Gasteiger partial charge in [-0.25, -0.2) is 0 Å². The molecule has 1 rings (SSSR count). The second kappa shape index (κ2) is 5.73. The standard InChI is InChI=1S/C9H13BrOS/c1-2-3-4-11-6-8-5-9(10)12-7-8/h5,7H,2-4,6H2,1H3. The van der Waals surface area contributed by atoms with E-state index in [2.05, 4.69) is 34.3 Å². The van der Waals surface area contributed by atoms with Crippen LogP contribution in [0.15, 0.2) is 15.2 Å². The first-order valence-corrected chi connectivity index (χ1v) is 5.81. The van der Waals surface area contributed by atoms with Gasteiger partial charge < -0.3 is 4.74 Å². The summed E-state index contributed by atoms with van der Waals surface area (Å²) in [5.41, 5.74) is 1.27. The van der Waals surface area contributed by atoms with E-state index < -0.39 is 0 Å². The molecule has 0 bridgehead atoms. The molecule has 1 aromatic rings. The number of unbranched alkanes of at least 4 members (excludes halogenated alkanes) is 1. The first kappa shape index (κ1) is 10.2. The van der Waals surface area contributed by atoms with Gasteiger partial charge in [-0.1, -0.05) is 13.3 Å². The fraction of sp³-hybridized carbons (Fsp3) is 0.556. The largest absolute Gasteiger partial charge is 0.377 e. The van der Waals surface area contributed by atoms with Crippen LogP contribution in [0.25, 0.3) is 0 Å². The topological polar surface area (TPSA) is 9.23 Å². The molecule has 0 amide bonds. The normalized spacial score (nSPS) is 10.5. The average molecular weight is 249 g/mol. The Hall–Kier alpha value is 0.140. The van der Waals surface area contributed by atoms with E-state index in [1.165, 1.54) is 15.8 Å². The van der Waals surface area contributed by atoms with Crippen LogP contribution in [-0.2, 0) is 11.3 Å². The van der Waals surface area contributed by atoms with Gasteiger partial charge in [0, 0.05) is 6.61 Å². The number of rotatable bonds is 5. The zero-order valence-electron chi connectivity index (χ0n) is 7.18. The Bertz CT molecular complexity index is 222. The number of halogens is 1. The van der Waals surface area contributed by atoms with Crippen molar-refractivity contribution in [3.8, 4) is 0 Å². The fourth-order valence-corrected chi connectivity index (χ4v) is 2.05. The first-order chi connectivity index (χ1) is 5.83. The van der Waals surface area contributed by atoms with Crippen molar-refractivity contribution >= 4 is 27.3 Å². The molecule has 0 aliphatic carbocycles. The van der Waals surface area contributed by atoms with E-state index in [9.17, 15) is 0 Å². The first-order valence-electron chi connectivity index (χ1n) is 4.13. The van der Waals surface area contributed by atoms with E-state index in [0.29, 0.717) is 0 Å². The summed E-state index contributed by atoms with van der Waals surface area (Å²) in [6.45, 7) is 3.80. The van der Waals surface area contributed by atoms with Crippen LogP contribution in [0.5, 0.6) is 0 Å². The monoisotopic (exact) mass is 248 g/mol. The van der Waals surface area contributed by atoms with E-state index in [-0.39, 0.29) is 0 Å². The molecule has 0 fully saturated rings. The minimum Gasteiger partial charge on any atom is -0.377 e. The summed E-state index contributed by atoms with van der Waals surface area (Å²) in [4.78, 5) is 0. The summed E-state index contributed by atoms with van der Waals surface area (Å²) in [6, 6.07) is 2.11. The van der Waals surface area contributed by atoms with Crippen LogP contribution >= 0.6 is 27.3 Å². The second-order valence-corrected chi connectivity index (χ2v) is 4.96. The summed E-state index contributed by atoms with van der Waals surface area (Å²) in [5.74, 6) is 0. The maximum absolute atomic E-state index is 5.46. The van der Waals surface area contributed by atoms with Gasteiger partial charge in [0.25, 0.3) is 0 Å². The van der Waals surface area contributed by atoms with Gasteiger partial charge in [-0.05, 0) is 39.4 Å². The third kappa shape index (κ3) is 3.70. The summed E-state index contributed by atoms with van der Waals surface area (Å²) in [6.07, 6.45) is 2.36. The fourth-order valence-electron chi connectivity index (χ4n) is 0.858. The Labute approximate surface area is 85.9 Å². The van der Waals surface area contributed by atoms with Crippen LogP contribution in [0.2, 0.25) is 0 Å². The molecule has 12 heavy (non-hydrogen) atoms. The number of hydrogen-bond donors (Lipinski definition) is 0. The molecule has 1 heterocycles. The van der Waals surface area contributed by atoms with Gasteiger partial charge in [0.2, 0.25) is 0 Å². The van der Waals surface area contributed by atoms with Gasteiger partial charge in [0.05, 0.1) is 10.4 Å². The lowest BCUT2D eigenvalue weighted by molar-refractivity contribution is 0.118. The van der Waals surface area contributed by atoms with Crippen molar-refractivity contribution in [3.63, 3.8) is 0 Å². The van der Waals surface area contributed by atoms with Crippen LogP contribution in [-0.4, -0.2) is 6.61 Å². The minimum atomic E-state index is 0.752. The van der Waals surface area contributed by atoms with Crippen molar-refractivity contribution < 1.29 is 4.74 Å². The summed E-state index contributed by atoms with van der Waals surface area (Å²) in [5, 5.41) is 2.12. The third-order valence-electron chi connectivity index (χ3n) is 1.53. The predicted octanol–water partition coefficient (Wildman–Crippen LogP) is 3.83. The molecule has 0 atom stereocenters. The Kier molecular flexibility index (Phi) is 4.88. The molecule has 0 radical (unpaired) electrons. The Morgan fingerprint density at radius 3 is 3.00 bits per heavy atom. The highest BCUT2D eigenvalue weighted by molar-refractivity contribution is 9.11. The smallest absolute Gasteiger partial charge is 0.0725 e. The molecule has 0 aliphatic rings. The molecule has 0 aromatic carbocycles. The van der Waals surface area contributed by atoms with Crippen LogP contribution in [0.3, 0.4) is 0 Å². The molecule has 0 spiro atoms. The summed E-state index contributed by atoms with van der Waals surface area (Å²) >= 11 is 5.12. The molecule has 1 nitrogen and oxygen atoms in total. The number of thiophene rings is 1.